The Morgan fingerprint density at radius 2 is 2.30 bits per heavy atom. The first-order valence-corrected chi connectivity index (χ1v) is 4.10. The number of nitrogens with zero attached hydrogens (tertiary/aromatic N) is 1. The third kappa shape index (κ3) is 2.53. The van der Waals surface area contributed by atoms with Crippen LogP contribution in [0.2, 0.25) is 0 Å². The van der Waals surface area contributed by atoms with Gasteiger partial charge < -0.3 is 4.90 Å². The second kappa shape index (κ2) is 3.77. The third-order valence-corrected chi connectivity index (χ3v) is 2.06. The molecule has 0 radical (unpaired) electrons. The van der Waals surface area contributed by atoms with Gasteiger partial charge in [-0.1, -0.05) is 12.2 Å². The molecule has 0 aromatic heterocycles. The van der Waals surface area contributed by atoms with Crippen LogP contribution in [0.3, 0.4) is 0 Å². The van der Waals surface area contributed by atoms with Crippen LogP contribution >= 0.6 is 0 Å². The zero-order valence-electron chi connectivity index (χ0n) is 7.01. The van der Waals surface area contributed by atoms with E-state index in [2.05, 4.69) is 31.1 Å². The molecule has 10 heavy (non-hydrogen) atoms. The van der Waals surface area contributed by atoms with Crippen LogP contribution in [0.5, 0.6) is 0 Å². The summed E-state index contributed by atoms with van der Waals surface area (Å²) in [6, 6.07) is 0. The van der Waals surface area contributed by atoms with E-state index in [9.17, 15) is 0 Å². The Balaban J connectivity index is 2.08. The van der Waals surface area contributed by atoms with Crippen LogP contribution in [-0.4, -0.2) is 25.5 Å². The Labute approximate surface area is 63.7 Å². The highest BCUT2D eigenvalue weighted by molar-refractivity contribution is 4.95. The van der Waals surface area contributed by atoms with Gasteiger partial charge in [0.05, 0.1) is 0 Å². The van der Waals surface area contributed by atoms with E-state index in [1.807, 2.05) is 0 Å². The highest BCUT2D eigenvalue weighted by Crippen LogP contribution is 2.19. The van der Waals surface area contributed by atoms with Crippen molar-refractivity contribution in [3.05, 3.63) is 12.2 Å². The van der Waals surface area contributed by atoms with Gasteiger partial charge in [-0.05, 0) is 45.8 Å². The summed E-state index contributed by atoms with van der Waals surface area (Å²) in [6.07, 6.45) is 8.69. The van der Waals surface area contributed by atoms with E-state index in [1.54, 1.807) is 0 Å². The highest BCUT2D eigenvalue weighted by Gasteiger charge is 2.08. The minimum atomic E-state index is 0.877. The minimum Gasteiger partial charge on any atom is -0.309 e. The number of rotatable bonds is 3. The predicted octanol–water partition coefficient (Wildman–Crippen LogP) is 1.90. The maximum Gasteiger partial charge on any atom is -0.00192 e. The summed E-state index contributed by atoms with van der Waals surface area (Å²) in [4.78, 5) is 2.26. The number of allylic oxidation sites excluding steroid dienone is 2. The molecule has 0 saturated heterocycles. The normalized spacial score (nSPS) is 24.5. The molecule has 1 unspecified atom stereocenters. The molecule has 0 bridgehead atoms. The average Bonchev–Trinajstić information content (AvgIpc) is 2.34. The smallest absolute Gasteiger partial charge is 0.00192 e. The Morgan fingerprint density at radius 3 is 2.80 bits per heavy atom. The molecule has 0 aromatic rings. The molecule has 0 amide bonds. The van der Waals surface area contributed by atoms with Crippen LogP contribution in [0.25, 0.3) is 0 Å². The molecule has 1 rings (SSSR count). The fraction of sp³-hybridized carbons (Fsp3) is 0.778. The van der Waals surface area contributed by atoms with E-state index >= 15 is 0 Å². The first kappa shape index (κ1) is 7.80. The maximum atomic E-state index is 2.36. The largest absolute Gasteiger partial charge is 0.309 e. The van der Waals surface area contributed by atoms with Crippen molar-refractivity contribution in [2.75, 3.05) is 20.6 Å². The summed E-state index contributed by atoms with van der Waals surface area (Å²) < 4.78 is 0. The summed E-state index contributed by atoms with van der Waals surface area (Å²) in [6.45, 7) is 1.23. The van der Waals surface area contributed by atoms with Crippen LogP contribution in [0.1, 0.15) is 19.3 Å². The molecule has 0 fully saturated rings. The monoisotopic (exact) mass is 139 g/mol. The van der Waals surface area contributed by atoms with Crippen molar-refractivity contribution in [2.45, 2.75) is 19.3 Å². The lowest BCUT2D eigenvalue weighted by Gasteiger charge is -2.12. The lowest BCUT2D eigenvalue weighted by Crippen LogP contribution is -2.15. The molecule has 1 atom stereocenters. The summed E-state index contributed by atoms with van der Waals surface area (Å²) >= 11 is 0. The summed E-state index contributed by atoms with van der Waals surface area (Å²) in [7, 11) is 4.28. The van der Waals surface area contributed by atoms with Gasteiger partial charge in [-0.25, -0.2) is 0 Å². The molecular formula is C9H17N. The third-order valence-electron chi connectivity index (χ3n) is 2.06. The number of hydrogen-bond donors (Lipinski definition) is 0. The molecular weight excluding hydrogens is 122 g/mol. The van der Waals surface area contributed by atoms with E-state index in [1.165, 1.54) is 25.8 Å². The van der Waals surface area contributed by atoms with Gasteiger partial charge in [0.1, 0.15) is 0 Å². The molecule has 0 aromatic carbocycles. The van der Waals surface area contributed by atoms with E-state index < -0.39 is 0 Å². The van der Waals surface area contributed by atoms with Crippen LogP contribution in [-0.2, 0) is 0 Å². The lowest BCUT2D eigenvalue weighted by molar-refractivity contribution is 0.371. The molecule has 0 heterocycles. The van der Waals surface area contributed by atoms with Crippen LogP contribution in [0.15, 0.2) is 12.2 Å². The summed E-state index contributed by atoms with van der Waals surface area (Å²) in [5.74, 6) is 0.877. The summed E-state index contributed by atoms with van der Waals surface area (Å²) in [5.41, 5.74) is 0. The fourth-order valence-corrected chi connectivity index (χ4v) is 1.36. The minimum absolute atomic E-state index is 0.877. The van der Waals surface area contributed by atoms with E-state index in [0.717, 1.165) is 5.92 Å². The van der Waals surface area contributed by atoms with Gasteiger partial charge in [0, 0.05) is 0 Å². The highest BCUT2D eigenvalue weighted by atomic mass is 15.0. The van der Waals surface area contributed by atoms with Crippen molar-refractivity contribution < 1.29 is 0 Å². The Kier molecular flexibility index (Phi) is 2.94. The zero-order valence-corrected chi connectivity index (χ0v) is 7.01. The molecule has 0 saturated carbocycles. The van der Waals surface area contributed by atoms with Crippen molar-refractivity contribution in [3.8, 4) is 0 Å². The molecule has 1 aliphatic carbocycles. The Hall–Kier alpha value is -0.300. The second-order valence-corrected chi connectivity index (χ2v) is 3.36. The molecule has 0 N–H and O–H groups in total. The van der Waals surface area contributed by atoms with Gasteiger partial charge in [0.25, 0.3) is 0 Å². The SMILES string of the molecule is CN(C)CCC1C=CCC1. The molecule has 58 valence electrons. The lowest BCUT2D eigenvalue weighted by atomic mass is 10.1. The van der Waals surface area contributed by atoms with Crippen LogP contribution in [0.4, 0.5) is 0 Å². The average molecular weight is 139 g/mol. The predicted molar refractivity (Wildman–Crippen MR) is 45.0 cm³/mol. The van der Waals surface area contributed by atoms with Crippen molar-refractivity contribution >= 4 is 0 Å². The molecule has 1 aliphatic rings. The first-order chi connectivity index (χ1) is 4.79. The Morgan fingerprint density at radius 1 is 1.50 bits per heavy atom. The molecule has 0 aliphatic heterocycles. The van der Waals surface area contributed by atoms with E-state index in [4.69, 9.17) is 0 Å². The van der Waals surface area contributed by atoms with Gasteiger partial charge in [0.2, 0.25) is 0 Å². The molecule has 1 heteroatoms. The summed E-state index contributed by atoms with van der Waals surface area (Å²) in [5, 5.41) is 0. The van der Waals surface area contributed by atoms with Crippen molar-refractivity contribution in [1.29, 1.82) is 0 Å². The van der Waals surface area contributed by atoms with Gasteiger partial charge in [-0.3, -0.25) is 0 Å². The van der Waals surface area contributed by atoms with Crippen molar-refractivity contribution in [1.82, 2.24) is 4.90 Å². The standard InChI is InChI=1S/C9H17N/c1-10(2)8-7-9-5-3-4-6-9/h3,5,9H,4,6-8H2,1-2H3. The van der Waals surface area contributed by atoms with Crippen molar-refractivity contribution in [2.24, 2.45) is 5.92 Å². The van der Waals surface area contributed by atoms with E-state index in [0.29, 0.717) is 0 Å². The molecule has 0 spiro atoms. The quantitative estimate of drug-likeness (QED) is 0.540. The fourth-order valence-electron chi connectivity index (χ4n) is 1.36. The topological polar surface area (TPSA) is 3.24 Å². The van der Waals surface area contributed by atoms with Gasteiger partial charge in [0.15, 0.2) is 0 Å². The van der Waals surface area contributed by atoms with Crippen LogP contribution < -0.4 is 0 Å². The zero-order chi connectivity index (χ0) is 7.40. The second-order valence-electron chi connectivity index (χ2n) is 3.36. The first-order valence-electron chi connectivity index (χ1n) is 4.10. The number of hydrogen-bond acceptors (Lipinski definition) is 1. The van der Waals surface area contributed by atoms with Gasteiger partial charge in [-0.2, -0.15) is 0 Å². The van der Waals surface area contributed by atoms with Crippen LogP contribution in [0, 0.1) is 5.92 Å². The Bertz CT molecular complexity index is 116. The van der Waals surface area contributed by atoms with Gasteiger partial charge in [-0.15, -0.1) is 0 Å². The maximum absolute atomic E-state index is 2.36. The van der Waals surface area contributed by atoms with E-state index in [-0.39, 0.29) is 0 Å². The molecule has 1 nitrogen and oxygen atoms in total. The van der Waals surface area contributed by atoms with Gasteiger partial charge >= 0.3 is 0 Å². The van der Waals surface area contributed by atoms with Crippen molar-refractivity contribution in [3.63, 3.8) is 0 Å².